The number of nitrogens with one attached hydrogen (secondary N) is 1. The van der Waals surface area contributed by atoms with Crippen LogP contribution in [0.3, 0.4) is 0 Å². The number of carbonyl (C=O) groups excluding carboxylic acids is 1. The fraction of sp³-hybridized carbons (Fsp3) is 0.500. The Morgan fingerprint density at radius 1 is 1.46 bits per heavy atom. The maximum absolute atomic E-state index is 13.0. The summed E-state index contributed by atoms with van der Waals surface area (Å²) in [6.07, 6.45) is 0.419. The van der Waals surface area contributed by atoms with E-state index < -0.39 is 17.8 Å². The molecule has 2 aromatic heterocycles. The van der Waals surface area contributed by atoms with Crippen LogP contribution in [0.5, 0.6) is 0 Å². The monoisotopic (exact) mass is 405 g/mol. The van der Waals surface area contributed by atoms with Gasteiger partial charge in [0.25, 0.3) is 0 Å². The normalized spacial score (nSPS) is 14.9. The number of hydrogen-bond acceptors (Lipinski definition) is 3. The Hall–Kier alpha value is -1.84. The quantitative estimate of drug-likeness (QED) is 0.831. The van der Waals surface area contributed by atoms with Crippen molar-refractivity contribution in [2.24, 2.45) is 7.05 Å². The maximum atomic E-state index is 13.0. The first-order chi connectivity index (χ1) is 11.3. The van der Waals surface area contributed by atoms with Crippen LogP contribution >= 0.6 is 15.9 Å². The van der Waals surface area contributed by atoms with Crippen LogP contribution in [0.25, 0.3) is 0 Å². The van der Waals surface area contributed by atoms with Crippen LogP contribution < -0.4 is 5.32 Å². The lowest BCUT2D eigenvalue weighted by Gasteiger charge is -2.07. The van der Waals surface area contributed by atoms with Gasteiger partial charge >= 0.3 is 6.18 Å². The SMILES string of the molecule is Cn1cc(CNC(=O)Cn2nc(C(F)(F)F)c(Br)c2C2CC2)cn1. The van der Waals surface area contributed by atoms with Crippen molar-refractivity contribution in [2.75, 3.05) is 0 Å². The highest BCUT2D eigenvalue weighted by Gasteiger charge is 2.41. The summed E-state index contributed by atoms with van der Waals surface area (Å²) in [6.45, 7) is 0.0147. The number of aryl methyl sites for hydroxylation is 1. The van der Waals surface area contributed by atoms with Gasteiger partial charge in [0.1, 0.15) is 6.54 Å². The van der Waals surface area contributed by atoms with Gasteiger partial charge in [-0.15, -0.1) is 0 Å². The van der Waals surface area contributed by atoms with E-state index in [1.807, 2.05) is 0 Å². The van der Waals surface area contributed by atoms with Gasteiger partial charge in [0, 0.05) is 31.3 Å². The number of carbonyl (C=O) groups is 1. The molecule has 2 heterocycles. The van der Waals surface area contributed by atoms with Crippen LogP contribution in [0.4, 0.5) is 13.2 Å². The van der Waals surface area contributed by atoms with Gasteiger partial charge in [-0.2, -0.15) is 23.4 Å². The molecule has 0 atom stereocenters. The molecule has 1 aliphatic rings. The molecule has 2 aromatic rings. The number of rotatable bonds is 5. The Balaban J connectivity index is 1.73. The first-order valence-corrected chi connectivity index (χ1v) is 8.12. The summed E-state index contributed by atoms with van der Waals surface area (Å²) in [6, 6.07) is 0. The van der Waals surface area contributed by atoms with Crippen molar-refractivity contribution in [3.8, 4) is 0 Å². The standard InChI is InChI=1S/C14H15BrF3N5O/c1-22-6-8(5-20-22)4-19-10(24)7-23-12(9-2-3-9)11(15)13(21-23)14(16,17)18/h5-6,9H,2-4,7H2,1H3,(H,19,24). The lowest BCUT2D eigenvalue weighted by Crippen LogP contribution is -2.28. The summed E-state index contributed by atoms with van der Waals surface area (Å²) in [4.78, 5) is 12.1. The van der Waals surface area contributed by atoms with Gasteiger partial charge in [-0.05, 0) is 28.8 Å². The van der Waals surface area contributed by atoms with Gasteiger partial charge in [-0.25, -0.2) is 0 Å². The average Bonchev–Trinajstić information content (AvgIpc) is 3.14. The van der Waals surface area contributed by atoms with E-state index in [-0.39, 0.29) is 23.5 Å². The van der Waals surface area contributed by atoms with E-state index in [0.29, 0.717) is 5.69 Å². The third-order valence-corrected chi connectivity index (χ3v) is 4.49. The van der Waals surface area contributed by atoms with Gasteiger partial charge in [-0.1, -0.05) is 0 Å². The van der Waals surface area contributed by atoms with Crippen molar-refractivity contribution in [3.63, 3.8) is 0 Å². The Kier molecular flexibility index (Phi) is 4.41. The lowest BCUT2D eigenvalue weighted by atomic mass is 10.2. The van der Waals surface area contributed by atoms with Crippen molar-refractivity contribution in [3.05, 3.63) is 33.8 Å². The molecule has 0 unspecified atom stereocenters. The summed E-state index contributed by atoms with van der Waals surface area (Å²) in [5, 5.41) is 10.3. The van der Waals surface area contributed by atoms with Crippen molar-refractivity contribution >= 4 is 21.8 Å². The van der Waals surface area contributed by atoms with Crippen LogP contribution in [0, 0.1) is 0 Å². The minimum atomic E-state index is -4.56. The van der Waals surface area contributed by atoms with E-state index in [4.69, 9.17) is 0 Å². The van der Waals surface area contributed by atoms with E-state index in [0.717, 1.165) is 23.1 Å². The molecule has 6 nitrogen and oxygen atoms in total. The predicted octanol–water partition coefficient (Wildman–Crippen LogP) is 2.59. The second-order valence-electron chi connectivity index (χ2n) is 5.78. The molecule has 0 aromatic carbocycles. The van der Waals surface area contributed by atoms with Crippen molar-refractivity contribution < 1.29 is 18.0 Å². The van der Waals surface area contributed by atoms with Crippen LogP contribution in [-0.4, -0.2) is 25.5 Å². The van der Waals surface area contributed by atoms with Gasteiger partial charge in [0.15, 0.2) is 5.69 Å². The largest absolute Gasteiger partial charge is 0.436 e. The summed E-state index contributed by atoms with van der Waals surface area (Å²) in [5.74, 6) is -0.376. The van der Waals surface area contributed by atoms with E-state index >= 15 is 0 Å². The zero-order valence-corrected chi connectivity index (χ0v) is 14.4. The fourth-order valence-corrected chi connectivity index (χ4v) is 3.29. The molecule has 1 saturated carbocycles. The van der Waals surface area contributed by atoms with Crippen molar-refractivity contribution in [1.82, 2.24) is 24.9 Å². The smallest absolute Gasteiger partial charge is 0.350 e. The maximum Gasteiger partial charge on any atom is 0.436 e. The highest BCUT2D eigenvalue weighted by Crippen LogP contribution is 2.46. The van der Waals surface area contributed by atoms with E-state index in [1.165, 1.54) is 0 Å². The zero-order chi connectivity index (χ0) is 17.5. The van der Waals surface area contributed by atoms with Gasteiger partial charge in [-0.3, -0.25) is 14.2 Å². The first-order valence-electron chi connectivity index (χ1n) is 7.33. The predicted molar refractivity (Wildman–Crippen MR) is 82.0 cm³/mol. The topological polar surface area (TPSA) is 64.7 Å². The molecule has 1 fully saturated rings. The Morgan fingerprint density at radius 3 is 2.71 bits per heavy atom. The average molecular weight is 406 g/mol. The number of alkyl halides is 3. The lowest BCUT2D eigenvalue weighted by molar-refractivity contribution is -0.142. The summed E-state index contributed by atoms with van der Waals surface area (Å²) < 4.78 is 41.8. The molecule has 3 rings (SSSR count). The van der Waals surface area contributed by atoms with Crippen LogP contribution in [0.15, 0.2) is 16.9 Å². The molecular weight excluding hydrogens is 391 g/mol. The summed E-state index contributed by atoms with van der Waals surface area (Å²) >= 11 is 3.00. The molecule has 0 radical (unpaired) electrons. The van der Waals surface area contributed by atoms with Crippen LogP contribution in [0.2, 0.25) is 0 Å². The van der Waals surface area contributed by atoms with Crippen LogP contribution in [0.1, 0.15) is 35.7 Å². The molecule has 0 saturated heterocycles. The molecule has 1 N–H and O–H groups in total. The second-order valence-corrected chi connectivity index (χ2v) is 6.57. The highest BCUT2D eigenvalue weighted by molar-refractivity contribution is 9.10. The summed E-state index contributed by atoms with van der Waals surface area (Å²) in [7, 11) is 1.76. The van der Waals surface area contributed by atoms with Crippen molar-refractivity contribution in [1.29, 1.82) is 0 Å². The third kappa shape index (κ3) is 3.63. The number of hydrogen-bond donors (Lipinski definition) is 1. The number of nitrogens with zero attached hydrogens (tertiary/aromatic N) is 4. The Morgan fingerprint density at radius 2 is 2.17 bits per heavy atom. The van der Waals surface area contributed by atoms with Gasteiger partial charge < -0.3 is 5.32 Å². The van der Waals surface area contributed by atoms with E-state index in [1.54, 1.807) is 24.1 Å². The zero-order valence-electron chi connectivity index (χ0n) is 12.8. The second kappa shape index (κ2) is 6.23. The molecule has 1 amide bonds. The summed E-state index contributed by atoms with van der Waals surface area (Å²) in [5.41, 5.74) is 0.272. The molecule has 0 spiro atoms. The molecule has 0 bridgehead atoms. The number of aromatic nitrogens is 4. The van der Waals surface area contributed by atoms with E-state index in [2.05, 4.69) is 31.4 Å². The molecule has 1 aliphatic carbocycles. The number of halogens is 4. The molecule has 10 heteroatoms. The highest BCUT2D eigenvalue weighted by atomic mass is 79.9. The third-order valence-electron chi connectivity index (χ3n) is 3.71. The minimum absolute atomic E-state index is 0.0223. The Labute approximate surface area is 144 Å². The number of amides is 1. The minimum Gasteiger partial charge on any atom is -0.350 e. The van der Waals surface area contributed by atoms with Crippen LogP contribution in [-0.2, 0) is 31.1 Å². The fourth-order valence-electron chi connectivity index (χ4n) is 2.46. The molecule has 130 valence electrons. The van der Waals surface area contributed by atoms with Gasteiger partial charge in [0.2, 0.25) is 5.91 Å². The van der Waals surface area contributed by atoms with Gasteiger partial charge in [0.05, 0.1) is 16.4 Å². The first kappa shape index (κ1) is 17.0. The van der Waals surface area contributed by atoms with Crippen molar-refractivity contribution in [2.45, 2.75) is 38.0 Å². The Bertz CT molecular complexity index is 763. The van der Waals surface area contributed by atoms with E-state index in [9.17, 15) is 18.0 Å². The molecule has 0 aliphatic heterocycles. The molecular formula is C14H15BrF3N5O. The molecule has 24 heavy (non-hydrogen) atoms.